The van der Waals surface area contributed by atoms with Crippen molar-refractivity contribution in [1.29, 1.82) is 0 Å². The Bertz CT molecular complexity index is 452. The number of piperidine rings is 1. The highest BCUT2D eigenvalue weighted by Crippen LogP contribution is 2.27. The first kappa shape index (κ1) is 12.9. The number of hydrogen-bond donors (Lipinski definition) is 2. The molecule has 19 heavy (non-hydrogen) atoms. The van der Waals surface area contributed by atoms with E-state index in [0.29, 0.717) is 18.2 Å². The Balaban J connectivity index is 1.56. The summed E-state index contributed by atoms with van der Waals surface area (Å²) >= 11 is 0. The zero-order chi connectivity index (χ0) is 13.2. The lowest BCUT2D eigenvalue weighted by atomic mass is 9.97. The van der Waals surface area contributed by atoms with Crippen LogP contribution < -0.4 is 5.32 Å². The zero-order valence-corrected chi connectivity index (χ0v) is 11.1. The molecule has 1 aromatic rings. The van der Waals surface area contributed by atoms with Gasteiger partial charge in [0.1, 0.15) is 0 Å². The Hall–Kier alpha value is -1.13. The van der Waals surface area contributed by atoms with Gasteiger partial charge < -0.3 is 15.3 Å². The number of halogens is 1. The number of aromatic hydroxyl groups is 1. The van der Waals surface area contributed by atoms with Crippen LogP contribution in [0.1, 0.15) is 31.2 Å². The standard InChI is InChI=1S/C15H21FN2O/c16-14-5-1-3-11(15(14)19)10-17-12-6-8-18-7-2-4-13(18)9-12/h1,3,5,12-13,17,19H,2,4,6-10H2. The third kappa shape index (κ3) is 2.74. The minimum Gasteiger partial charge on any atom is -0.505 e. The largest absolute Gasteiger partial charge is 0.505 e. The molecule has 0 spiro atoms. The van der Waals surface area contributed by atoms with Crippen LogP contribution in [-0.2, 0) is 6.54 Å². The van der Waals surface area contributed by atoms with Gasteiger partial charge in [-0.3, -0.25) is 0 Å². The quantitative estimate of drug-likeness (QED) is 0.879. The highest BCUT2D eigenvalue weighted by Gasteiger charge is 2.31. The fraction of sp³-hybridized carbons (Fsp3) is 0.600. The topological polar surface area (TPSA) is 35.5 Å². The molecule has 2 aliphatic rings. The Morgan fingerprint density at radius 1 is 1.32 bits per heavy atom. The molecule has 3 nitrogen and oxygen atoms in total. The van der Waals surface area contributed by atoms with Crippen molar-refractivity contribution in [3.05, 3.63) is 29.6 Å². The molecule has 0 bridgehead atoms. The van der Waals surface area contributed by atoms with Crippen molar-refractivity contribution >= 4 is 0 Å². The van der Waals surface area contributed by atoms with Gasteiger partial charge in [0.15, 0.2) is 11.6 Å². The van der Waals surface area contributed by atoms with Crippen molar-refractivity contribution in [2.45, 2.75) is 44.3 Å². The Kier molecular flexibility index (Phi) is 3.71. The Morgan fingerprint density at radius 2 is 2.21 bits per heavy atom. The van der Waals surface area contributed by atoms with Gasteiger partial charge in [0.05, 0.1) is 0 Å². The molecule has 1 aromatic carbocycles. The van der Waals surface area contributed by atoms with E-state index in [1.807, 2.05) is 0 Å². The van der Waals surface area contributed by atoms with Crippen LogP contribution >= 0.6 is 0 Å². The second kappa shape index (κ2) is 5.47. The summed E-state index contributed by atoms with van der Waals surface area (Å²) in [4.78, 5) is 2.58. The first-order chi connectivity index (χ1) is 9.24. The first-order valence-electron chi connectivity index (χ1n) is 7.18. The fourth-order valence-electron chi connectivity index (χ4n) is 3.37. The van der Waals surface area contributed by atoms with Gasteiger partial charge in [0.25, 0.3) is 0 Å². The van der Waals surface area contributed by atoms with E-state index in [2.05, 4.69) is 10.2 Å². The van der Waals surface area contributed by atoms with E-state index in [1.165, 1.54) is 31.9 Å². The van der Waals surface area contributed by atoms with Gasteiger partial charge in [-0.05, 0) is 44.8 Å². The van der Waals surface area contributed by atoms with E-state index in [-0.39, 0.29) is 5.75 Å². The average molecular weight is 264 g/mol. The van der Waals surface area contributed by atoms with Crippen molar-refractivity contribution in [2.24, 2.45) is 0 Å². The van der Waals surface area contributed by atoms with Crippen LogP contribution in [0.3, 0.4) is 0 Å². The van der Waals surface area contributed by atoms with Gasteiger partial charge in [-0.15, -0.1) is 0 Å². The molecule has 0 radical (unpaired) electrons. The lowest BCUT2D eigenvalue weighted by molar-refractivity contribution is 0.166. The lowest BCUT2D eigenvalue weighted by Gasteiger charge is -2.35. The van der Waals surface area contributed by atoms with Crippen LogP contribution in [0.25, 0.3) is 0 Å². The maximum atomic E-state index is 13.2. The molecule has 2 saturated heterocycles. The molecule has 0 amide bonds. The van der Waals surface area contributed by atoms with Crippen molar-refractivity contribution in [1.82, 2.24) is 10.2 Å². The van der Waals surface area contributed by atoms with Crippen molar-refractivity contribution < 1.29 is 9.50 Å². The molecule has 0 saturated carbocycles. The number of phenols is 1. The number of benzene rings is 1. The molecule has 3 rings (SSSR count). The molecule has 2 N–H and O–H groups in total. The van der Waals surface area contributed by atoms with Crippen molar-refractivity contribution in [3.8, 4) is 5.75 Å². The van der Waals surface area contributed by atoms with Gasteiger partial charge in [-0.25, -0.2) is 4.39 Å². The third-order valence-electron chi connectivity index (χ3n) is 4.47. The zero-order valence-electron chi connectivity index (χ0n) is 11.1. The highest BCUT2D eigenvalue weighted by atomic mass is 19.1. The molecule has 0 aromatic heterocycles. The number of nitrogens with one attached hydrogen (secondary N) is 1. The molecule has 104 valence electrons. The molecular formula is C15H21FN2O. The molecule has 2 atom stereocenters. The molecule has 4 heteroatoms. The van der Waals surface area contributed by atoms with E-state index < -0.39 is 5.82 Å². The molecule has 2 unspecified atom stereocenters. The van der Waals surface area contributed by atoms with E-state index in [0.717, 1.165) is 19.0 Å². The maximum Gasteiger partial charge on any atom is 0.165 e. The average Bonchev–Trinajstić information content (AvgIpc) is 2.88. The molecule has 2 aliphatic heterocycles. The van der Waals surface area contributed by atoms with Crippen LogP contribution in [0.5, 0.6) is 5.75 Å². The van der Waals surface area contributed by atoms with Crippen LogP contribution in [0.4, 0.5) is 4.39 Å². The molecule has 2 heterocycles. The number of fused-ring (bicyclic) bond motifs is 1. The number of nitrogens with zero attached hydrogens (tertiary/aromatic N) is 1. The van der Waals surface area contributed by atoms with E-state index in [9.17, 15) is 9.50 Å². The summed E-state index contributed by atoms with van der Waals surface area (Å²) in [5, 5.41) is 13.1. The van der Waals surface area contributed by atoms with Gasteiger partial charge >= 0.3 is 0 Å². The van der Waals surface area contributed by atoms with Crippen molar-refractivity contribution in [2.75, 3.05) is 13.1 Å². The van der Waals surface area contributed by atoms with Gasteiger partial charge in [-0.1, -0.05) is 12.1 Å². The van der Waals surface area contributed by atoms with Gasteiger partial charge in [-0.2, -0.15) is 0 Å². The lowest BCUT2D eigenvalue weighted by Crippen LogP contribution is -2.45. The summed E-state index contributed by atoms with van der Waals surface area (Å²) in [5.41, 5.74) is 0.647. The summed E-state index contributed by atoms with van der Waals surface area (Å²) < 4.78 is 13.2. The summed E-state index contributed by atoms with van der Waals surface area (Å²) in [6.45, 7) is 2.96. The highest BCUT2D eigenvalue weighted by molar-refractivity contribution is 5.33. The number of rotatable bonds is 3. The monoisotopic (exact) mass is 264 g/mol. The minimum atomic E-state index is -0.537. The Labute approximate surface area is 113 Å². The molecular weight excluding hydrogens is 243 g/mol. The summed E-state index contributed by atoms with van der Waals surface area (Å²) in [5.74, 6) is -0.752. The van der Waals surface area contributed by atoms with E-state index in [1.54, 1.807) is 12.1 Å². The number of para-hydroxylation sites is 1. The van der Waals surface area contributed by atoms with Gasteiger partial charge in [0.2, 0.25) is 0 Å². The number of hydrogen-bond acceptors (Lipinski definition) is 3. The van der Waals surface area contributed by atoms with Gasteiger partial charge in [0, 0.05) is 24.2 Å². The maximum absolute atomic E-state index is 13.2. The molecule has 2 fully saturated rings. The second-order valence-electron chi connectivity index (χ2n) is 5.68. The third-order valence-corrected chi connectivity index (χ3v) is 4.47. The summed E-state index contributed by atoms with van der Waals surface area (Å²) in [7, 11) is 0. The van der Waals surface area contributed by atoms with Crippen LogP contribution in [0.15, 0.2) is 18.2 Å². The summed E-state index contributed by atoms with van der Waals surface area (Å²) in [6.07, 6.45) is 4.95. The fourth-order valence-corrected chi connectivity index (χ4v) is 3.37. The van der Waals surface area contributed by atoms with Crippen LogP contribution in [0.2, 0.25) is 0 Å². The molecule has 0 aliphatic carbocycles. The van der Waals surface area contributed by atoms with Crippen LogP contribution in [-0.4, -0.2) is 35.2 Å². The van der Waals surface area contributed by atoms with Crippen LogP contribution in [0, 0.1) is 5.82 Å². The predicted molar refractivity (Wildman–Crippen MR) is 72.5 cm³/mol. The number of phenolic OH excluding ortho intramolecular Hbond substituents is 1. The Morgan fingerprint density at radius 3 is 3.11 bits per heavy atom. The SMILES string of the molecule is Oc1c(F)cccc1CNC1CCN2CCCC2C1. The second-order valence-corrected chi connectivity index (χ2v) is 5.68. The predicted octanol–water partition coefficient (Wildman–Crippen LogP) is 2.25. The summed E-state index contributed by atoms with van der Waals surface area (Å²) in [6, 6.07) is 5.92. The van der Waals surface area contributed by atoms with E-state index >= 15 is 0 Å². The normalized spacial score (nSPS) is 27.4. The van der Waals surface area contributed by atoms with Crippen molar-refractivity contribution in [3.63, 3.8) is 0 Å². The smallest absolute Gasteiger partial charge is 0.165 e. The first-order valence-corrected chi connectivity index (χ1v) is 7.18. The van der Waals surface area contributed by atoms with E-state index in [4.69, 9.17) is 0 Å². The minimum absolute atomic E-state index is 0.215.